The molecule has 8 nitrogen and oxygen atoms in total. The Labute approximate surface area is 231 Å². The molecule has 0 unspecified atom stereocenters. The Bertz CT molecular complexity index is 1260. The van der Waals surface area contributed by atoms with Crippen molar-refractivity contribution in [2.24, 2.45) is 0 Å². The average molecular weight is 582 g/mol. The number of carbonyl (C=O) groups is 2. The molecule has 0 aromatic heterocycles. The summed E-state index contributed by atoms with van der Waals surface area (Å²) >= 11 is 3.50. The molecule has 0 atom stereocenters. The number of carbonyl (C=O) groups excluding carboxylic acids is 2. The molecule has 1 aliphatic rings. The zero-order chi connectivity index (χ0) is 27.2. The summed E-state index contributed by atoms with van der Waals surface area (Å²) in [5.41, 5.74) is 4.37. The van der Waals surface area contributed by atoms with Gasteiger partial charge in [0.05, 0.1) is 18.7 Å². The number of ether oxygens (including phenoxy) is 3. The fraction of sp³-hybridized carbons (Fsp3) is 0.310. The first-order valence-electron chi connectivity index (χ1n) is 12.3. The number of rotatable bonds is 8. The van der Waals surface area contributed by atoms with Crippen LogP contribution in [0.2, 0.25) is 0 Å². The number of nitrogens with one attached hydrogen (secondary N) is 1. The number of hydrogen-bond donors (Lipinski definition) is 1. The van der Waals surface area contributed by atoms with Gasteiger partial charge in [0, 0.05) is 49.2 Å². The zero-order valence-electron chi connectivity index (χ0n) is 22.0. The SMILES string of the molecule is COc1cc(OC)cc(C(=O)N2CCN(c3ccc(NC(=O)COc4c(C)cc(C)cc4Br)cc3)CC2)c1. The molecule has 1 fully saturated rings. The minimum atomic E-state index is -0.231. The highest BCUT2D eigenvalue weighted by atomic mass is 79.9. The number of halogens is 1. The van der Waals surface area contributed by atoms with Gasteiger partial charge in [0.1, 0.15) is 17.2 Å². The van der Waals surface area contributed by atoms with E-state index in [1.807, 2.05) is 55.1 Å². The Morgan fingerprint density at radius 2 is 1.53 bits per heavy atom. The summed E-state index contributed by atoms with van der Waals surface area (Å²) < 4.78 is 17.2. The molecular formula is C29H32BrN3O5. The Morgan fingerprint density at radius 1 is 0.895 bits per heavy atom. The maximum absolute atomic E-state index is 13.1. The fourth-order valence-electron chi connectivity index (χ4n) is 4.46. The van der Waals surface area contributed by atoms with Gasteiger partial charge < -0.3 is 29.3 Å². The molecule has 0 aliphatic carbocycles. The number of methoxy groups -OCH3 is 2. The lowest BCUT2D eigenvalue weighted by atomic mass is 10.1. The van der Waals surface area contributed by atoms with Crippen LogP contribution in [0.5, 0.6) is 17.2 Å². The van der Waals surface area contributed by atoms with Crippen molar-refractivity contribution in [3.05, 3.63) is 75.8 Å². The Hall–Kier alpha value is -3.72. The van der Waals surface area contributed by atoms with E-state index in [0.717, 1.165) is 21.3 Å². The molecule has 1 aliphatic heterocycles. The van der Waals surface area contributed by atoms with Crippen LogP contribution in [0.3, 0.4) is 0 Å². The smallest absolute Gasteiger partial charge is 0.262 e. The van der Waals surface area contributed by atoms with Crippen LogP contribution in [-0.2, 0) is 4.79 Å². The first kappa shape index (κ1) is 27.3. The van der Waals surface area contributed by atoms with E-state index in [0.29, 0.717) is 54.7 Å². The topological polar surface area (TPSA) is 80.3 Å². The molecule has 1 heterocycles. The number of piperazine rings is 1. The van der Waals surface area contributed by atoms with Gasteiger partial charge in [-0.25, -0.2) is 0 Å². The molecular weight excluding hydrogens is 550 g/mol. The van der Waals surface area contributed by atoms with Crippen LogP contribution in [0, 0.1) is 13.8 Å². The summed E-state index contributed by atoms with van der Waals surface area (Å²) in [5.74, 6) is 1.57. The number of benzene rings is 3. The first-order valence-corrected chi connectivity index (χ1v) is 13.1. The van der Waals surface area contributed by atoms with E-state index < -0.39 is 0 Å². The van der Waals surface area contributed by atoms with Crippen LogP contribution in [0.15, 0.2) is 59.1 Å². The van der Waals surface area contributed by atoms with Crippen molar-refractivity contribution in [3.8, 4) is 17.2 Å². The summed E-state index contributed by atoms with van der Waals surface area (Å²) in [4.78, 5) is 29.6. The normalized spacial score (nSPS) is 13.2. The molecule has 0 bridgehead atoms. The number of nitrogens with zero attached hydrogens (tertiary/aromatic N) is 2. The molecule has 2 amide bonds. The van der Waals surface area contributed by atoms with Gasteiger partial charge in [-0.15, -0.1) is 0 Å². The summed E-state index contributed by atoms with van der Waals surface area (Å²) in [6, 6.07) is 16.9. The van der Waals surface area contributed by atoms with Crippen molar-refractivity contribution in [3.63, 3.8) is 0 Å². The van der Waals surface area contributed by atoms with E-state index in [9.17, 15) is 9.59 Å². The Morgan fingerprint density at radius 3 is 2.11 bits per heavy atom. The summed E-state index contributed by atoms with van der Waals surface area (Å²) in [5, 5.41) is 2.88. The average Bonchev–Trinajstić information content (AvgIpc) is 2.92. The summed E-state index contributed by atoms with van der Waals surface area (Å²) in [6.07, 6.45) is 0. The van der Waals surface area contributed by atoms with E-state index in [4.69, 9.17) is 14.2 Å². The maximum Gasteiger partial charge on any atom is 0.262 e. The molecule has 4 rings (SSSR count). The van der Waals surface area contributed by atoms with Crippen LogP contribution < -0.4 is 24.4 Å². The highest BCUT2D eigenvalue weighted by molar-refractivity contribution is 9.10. The van der Waals surface area contributed by atoms with Gasteiger partial charge in [-0.05, 0) is 83.4 Å². The van der Waals surface area contributed by atoms with Crippen LogP contribution in [0.4, 0.5) is 11.4 Å². The molecule has 0 radical (unpaired) electrons. The van der Waals surface area contributed by atoms with Crippen LogP contribution >= 0.6 is 15.9 Å². The van der Waals surface area contributed by atoms with Crippen molar-refractivity contribution < 1.29 is 23.8 Å². The number of anilines is 2. The molecule has 9 heteroatoms. The molecule has 3 aromatic rings. The third-order valence-corrected chi connectivity index (χ3v) is 6.99. The van der Waals surface area contributed by atoms with Crippen LogP contribution in [0.25, 0.3) is 0 Å². The third kappa shape index (κ3) is 6.58. The van der Waals surface area contributed by atoms with Crippen molar-refractivity contribution in [2.45, 2.75) is 13.8 Å². The summed E-state index contributed by atoms with van der Waals surface area (Å²) in [7, 11) is 3.13. The van der Waals surface area contributed by atoms with E-state index in [1.54, 1.807) is 32.4 Å². The van der Waals surface area contributed by atoms with Crippen molar-refractivity contribution in [2.75, 3.05) is 57.2 Å². The molecule has 200 valence electrons. The van der Waals surface area contributed by atoms with Gasteiger partial charge in [-0.1, -0.05) is 6.07 Å². The van der Waals surface area contributed by atoms with Gasteiger partial charge in [-0.3, -0.25) is 9.59 Å². The van der Waals surface area contributed by atoms with E-state index in [1.165, 1.54) is 0 Å². The molecule has 1 N–H and O–H groups in total. The number of amides is 2. The predicted molar refractivity (Wildman–Crippen MR) is 152 cm³/mol. The van der Waals surface area contributed by atoms with Gasteiger partial charge in [0.2, 0.25) is 0 Å². The van der Waals surface area contributed by atoms with Crippen molar-refractivity contribution in [1.29, 1.82) is 0 Å². The molecule has 3 aromatic carbocycles. The van der Waals surface area contributed by atoms with Crippen molar-refractivity contribution in [1.82, 2.24) is 4.90 Å². The molecule has 38 heavy (non-hydrogen) atoms. The van der Waals surface area contributed by atoms with E-state index in [2.05, 4.69) is 26.1 Å². The minimum Gasteiger partial charge on any atom is -0.497 e. The predicted octanol–water partition coefficient (Wildman–Crippen LogP) is 5.06. The second kappa shape index (κ2) is 12.2. The van der Waals surface area contributed by atoms with Gasteiger partial charge in [0.25, 0.3) is 11.8 Å². The lowest BCUT2D eigenvalue weighted by Gasteiger charge is -2.36. The highest BCUT2D eigenvalue weighted by Gasteiger charge is 2.23. The van der Waals surface area contributed by atoms with E-state index in [-0.39, 0.29) is 18.4 Å². The number of aryl methyl sites for hydroxylation is 2. The quantitative estimate of drug-likeness (QED) is 0.400. The fourth-order valence-corrected chi connectivity index (χ4v) is 5.25. The van der Waals surface area contributed by atoms with Gasteiger partial charge in [0.15, 0.2) is 6.61 Å². The van der Waals surface area contributed by atoms with Crippen molar-refractivity contribution >= 4 is 39.1 Å². The minimum absolute atomic E-state index is 0.0463. The van der Waals surface area contributed by atoms with E-state index >= 15 is 0 Å². The Balaban J connectivity index is 1.29. The summed E-state index contributed by atoms with van der Waals surface area (Å²) in [6.45, 7) is 6.49. The molecule has 0 spiro atoms. The van der Waals surface area contributed by atoms with Gasteiger partial charge >= 0.3 is 0 Å². The third-order valence-electron chi connectivity index (χ3n) is 6.40. The van der Waals surface area contributed by atoms with Gasteiger partial charge in [-0.2, -0.15) is 0 Å². The second-order valence-electron chi connectivity index (χ2n) is 9.16. The first-order chi connectivity index (χ1) is 18.3. The zero-order valence-corrected chi connectivity index (χ0v) is 23.6. The number of hydrogen-bond acceptors (Lipinski definition) is 6. The lowest BCUT2D eigenvalue weighted by Crippen LogP contribution is -2.48. The largest absolute Gasteiger partial charge is 0.497 e. The monoisotopic (exact) mass is 581 g/mol. The lowest BCUT2D eigenvalue weighted by molar-refractivity contribution is -0.118. The highest BCUT2D eigenvalue weighted by Crippen LogP contribution is 2.30. The molecule has 1 saturated heterocycles. The van der Waals surface area contributed by atoms with Crippen LogP contribution in [0.1, 0.15) is 21.5 Å². The second-order valence-corrected chi connectivity index (χ2v) is 10.0. The maximum atomic E-state index is 13.1. The standard InChI is InChI=1S/C29H32BrN3O5/c1-19-13-20(2)28(26(30)14-19)38-18-27(34)31-22-5-7-23(8-6-22)32-9-11-33(12-10-32)29(35)21-15-24(36-3)17-25(16-21)37-4/h5-8,13-17H,9-12,18H2,1-4H3,(H,31,34). The van der Waals surface area contributed by atoms with Crippen LogP contribution in [-0.4, -0.2) is 63.7 Å². The molecule has 0 saturated carbocycles. The Kier molecular flexibility index (Phi) is 8.78.